The molecule has 0 saturated carbocycles. The summed E-state index contributed by atoms with van der Waals surface area (Å²) in [7, 11) is 0. The number of hydrogen-bond donors (Lipinski definition) is 1. The lowest BCUT2D eigenvalue weighted by molar-refractivity contribution is -0.143. The molecule has 0 radical (unpaired) electrons. The highest BCUT2D eigenvalue weighted by Gasteiger charge is 2.48. The van der Waals surface area contributed by atoms with Crippen LogP contribution in [0.5, 0.6) is 0 Å². The van der Waals surface area contributed by atoms with Crippen LogP contribution in [0.2, 0.25) is 10.0 Å². The first kappa shape index (κ1) is 18.0. The number of fused-ring (bicyclic) bond motifs is 2. The van der Waals surface area contributed by atoms with Gasteiger partial charge in [-0.2, -0.15) is 0 Å². The second-order valence-corrected chi connectivity index (χ2v) is 7.40. The average molecular weight is 372 g/mol. The molecular formula is C18H23Cl2NO3. The van der Waals surface area contributed by atoms with Crippen molar-refractivity contribution in [1.29, 1.82) is 0 Å². The smallest absolute Gasteiger partial charge is 0.305 e. The normalized spacial score (nSPS) is 25.2. The van der Waals surface area contributed by atoms with E-state index in [9.17, 15) is 4.79 Å². The van der Waals surface area contributed by atoms with Gasteiger partial charge < -0.3 is 14.8 Å². The number of morpholine rings is 1. The molecule has 2 fully saturated rings. The van der Waals surface area contributed by atoms with Crippen molar-refractivity contribution in [2.45, 2.75) is 50.7 Å². The Balaban J connectivity index is 1.72. The highest BCUT2D eigenvalue weighted by atomic mass is 35.5. The molecule has 2 aliphatic heterocycles. The van der Waals surface area contributed by atoms with Gasteiger partial charge in [-0.05, 0) is 48.9 Å². The van der Waals surface area contributed by atoms with Crippen molar-refractivity contribution < 1.29 is 14.3 Å². The molecule has 3 rings (SSSR count). The minimum Gasteiger partial charge on any atom is -0.466 e. The summed E-state index contributed by atoms with van der Waals surface area (Å²) < 4.78 is 11.2. The van der Waals surface area contributed by atoms with Gasteiger partial charge in [-0.3, -0.25) is 4.79 Å². The maximum absolute atomic E-state index is 11.7. The number of rotatable bonds is 7. The Hall–Kier alpha value is -0.810. The lowest BCUT2D eigenvalue weighted by atomic mass is 9.87. The minimum absolute atomic E-state index is 0.142. The van der Waals surface area contributed by atoms with Crippen molar-refractivity contribution in [2.75, 3.05) is 19.8 Å². The van der Waals surface area contributed by atoms with Gasteiger partial charge >= 0.3 is 5.97 Å². The van der Waals surface area contributed by atoms with Crippen LogP contribution in [-0.2, 0) is 26.3 Å². The van der Waals surface area contributed by atoms with Crippen LogP contribution in [-0.4, -0.2) is 31.8 Å². The third-order valence-corrected chi connectivity index (χ3v) is 5.47. The fourth-order valence-corrected chi connectivity index (χ4v) is 3.90. The molecule has 2 saturated heterocycles. The number of benzene rings is 1. The molecular weight excluding hydrogens is 349 g/mol. The van der Waals surface area contributed by atoms with E-state index in [1.807, 2.05) is 19.1 Å². The van der Waals surface area contributed by atoms with Gasteiger partial charge in [0, 0.05) is 19.0 Å². The first-order valence-electron chi connectivity index (χ1n) is 8.55. The number of aryl methyl sites for hydroxylation is 1. The number of halogens is 2. The molecule has 6 heteroatoms. The zero-order valence-corrected chi connectivity index (χ0v) is 15.4. The monoisotopic (exact) mass is 371 g/mol. The van der Waals surface area contributed by atoms with E-state index in [0.29, 0.717) is 29.1 Å². The summed E-state index contributed by atoms with van der Waals surface area (Å²) in [6.07, 6.45) is 3.69. The van der Waals surface area contributed by atoms with Gasteiger partial charge in [-0.1, -0.05) is 30.1 Å². The van der Waals surface area contributed by atoms with Crippen LogP contribution >= 0.6 is 23.2 Å². The first-order chi connectivity index (χ1) is 11.5. The first-order valence-corrected chi connectivity index (χ1v) is 9.31. The largest absolute Gasteiger partial charge is 0.466 e. The Bertz CT molecular complexity index is 613. The van der Waals surface area contributed by atoms with E-state index in [-0.39, 0.29) is 11.6 Å². The molecule has 2 aliphatic rings. The van der Waals surface area contributed by atoms with Crippen LogP contribution in [0.3, 0.4) is 0 Å². The molecule has 0 aromatic heterocycles. The molecule has 0 amide bonds. The van der Waals surface area contributed by atoms with Crippen LogP contribution in [0.15, 0.2) is 12.1 Å². The molecule has 1 aromatic rings. The standard InChI is InChI=1S/C18H23Cl2NO3/c1-2-6-23-17(22)5-3-4-12-7-15(19)16(20)8-14(12)18-9-13(10-24-18)21-11-18/h7-8,13,21H,2-6,9-11H2,1H3. The number of nitrogens with one attached hydrogen (secondary N) is 1. The Morgan fingerprint density at radius 3 is 2.83 bits per heavy atom. The zero-order chi connectivity index (χ0) is 17.2. The third-order valence-electron chi connectivity index (χ3n) is 4.74. The number of hydrogen-bond acceptors (Lipinski definition) is 4. The van der Waals surface area contributed by atoms with E-state index >= 15 is 0 Å². The van der Waals surface area contributed by atoms with E-state index in [0.717, 1.165) is 50.0 Å². The van der Waals surface area contributed by atoms with E-state index in [1.54, 1.807) is 0 Å². The predicted molar refractivity (Wildman–Crippen MR) is 94.7 cm³/mol. The van der Waals surface area contributed by atoms with Crippen molar-refractivity contribution in [1.82, 2.24) is 5.32 Å². The molecule has 2 bridgehead atoms. The summed E-state index contributed by atoms with van der Waals surface area (Å²) in [4.78, 5) is 11.7. The fraction of sp³-hybridized carbons (Fsp3) is 0.611. The van der Waals surface area contributed by atoms with Gasteiger partial charge in [0.1, 0.15) is 5.60 Å². The molecule has 132 valence electrons. The van der Waals surface area contributed by atoms with Crippen molar-refractivity contribution >= 4 is 29.2 Å². The van der Waals surface area contributed by atoms with Crippen molar-refractivity contribution in [3.63, 3.8) is 0 Å². The number of carbonyl (C=O) groups excluding carboxylic acids is 1. The molecule has 2 unspecified atom stereocenters. The van der Waals surface area contributed by atoms with Gasteiger partial charge in [0.15, 0.2) is 0 Å². The van der Waals surface area contributed by atoms with E-state index < -0.39 is 0 Å². The van der Waals surface area contributed by atoms with Crippen LogP contribution in [0, 0.1) is 0 Å². The number of esters is 1. The molecule has 1 aromatic carbocycles. The van der Waals surface area contributed by atoms with Crippen molar-refractivity contribution in [3.05, 3.63) is 33.3 Å². The Labute approximate surface area is 152 Å². The number of ether oxygens (including phenoxy) is 2. The SMILES string of the molecule is CCCOC(=O)CCCc1cc(Cl)c(Cl)cc1C12CNC(CO1)C2. The lowest BCUT2D eigenvalue weighted by Crippen LogP contribution is -2.38. The van der Waals surface area contributed by atoms with E-state index in [4.69, 9.17) is 32.7 Å². The second kappa shape index (κ2) is 7.61. The Kier molecular flexibility index (Phi) is 5.70. The summed E-state index contributed by atoms with van der Waals surface area (Å²) in [5.41, 5.74) is 1.90. The summed E-state index contributed by atoms with van der Waals surface area (Å²) in [6, 6.07) is 4.26. The lowest BCUT2D eigenvalue weighted by Gasteiger charge is -2.30. The van der Waals surface area contributed by atoms with Crippen LogP contribution in [0.25, 0.3) is 0 Å². The van der Waals surface area contributed by atoms with E-state index in [2.05, 4.69) is 5.32 Å². The van der Waals surface area contributed by atoms with Gasteiger partial charge in [-0.15, -0.1) is 0 Å². The molecule has 1 N–H and O–H groups in total. The summed E-state index contributed by atoms with van der Waals surface area (Å²) in [5.74, 6) is -0.142. The molecule has 0 aliphatic carbocycles. The summed E-state index contributed by atoms with van der Waals surface area (Å²) in [5, 5.41) is 4.57. The van der Waals surface area contributed by atoms with E-state index in [1.165, 1.54) is 0 Å². The van der Waals surface area contributed by atoms with Gasteiger partial charge in [0.05, 0.1) is 23.3 Å². The van der Waals surface area contributed by atoms with Crippen molar-refractivity contribution in [3.8, 4) is 0 Å². The summed E-state index contributed by atoms with van der Waals surface area (Å²) in [6.45, 7) is 3.99. The maximum atomic E-state index is 11.7. The fourth-order valence-electron chi connectivity index (χ4n) is 3.55. The Morgan fingerprint density at radius 1 is 1.42 bits per heavy atom. The highest BCUT2D eigenvalue weighted by molar-refractivity contribution is 6.42. The highest BCUT2D eigenvalue weighted by Crippen LogP contribution is 2.44. The second-order valence-electron chi connectivity index (χ2n) is 6.58. The van der Waals surface area contributed by atoms with Crippen LogP contribution < -0.4 is 5.32 Å². The number of carbonyl (C=O) groups is 1. The molecule has 2 heterocycles. The van der Waals surface area contributed by atoms with Crippen molar-refractivity contribution in [2.24, 2.45) is 0 Å². The predicted octanol–water partition coefficient (Wildman–Crippen LogP) is 3.86. The average Bonchev–Trinajstić information content (AvgIpc) is 3.18. The zero-order valence-electron chi connectivity index (χ0n) is 13.9. The third kappa shape index (κ3) is 3.72. The Morgan fingerprint density at radius 2 is 2.21 bits per heavy atom. The quantitative estimate of drug-likeness (QED) is 0.739. The maximum Gasteiger partial charge on any atom is 0.305 e. The molecule has 2 atom stereocenters. The minimum atomic E-state index is -0.309. The molecule has 24 heavy (non-hydrogen) atoms. The van der Waals surface area contributed by atoms with Gasteiger partial charge in [-0.25, -0.2) is 0 Å². The van der Waals surface area contributed by atoms with Crippen LogP contribution in [0.4, 0.5) is 0 Å². The van der Waals surface area contributed by atoms with Crippen LogP contribution in [0.1, 0.15) is 43.7 Å². The summed E-state index contributed by atoms with van der Waals surface area (Å²) >= 11 is 12.5. The topological polar surface area (TPSA) is 47.6 Å². The van der Waals surface area contributed by atoms with Gasteiger partial charge in [0.25, 0.3) is 0 Å². The molecule has 0 spiro atoms. The molecule has 4 nitrogen and oxygen atoms in total. The van der Waals surface area contributed by atoms with Gasteiger partial charge in [0.2, 0.25) is 0 Å².